The maximum absolute atomic E-state index is 12.7. The Morgan fingerprint density at radius 3 is 2.04 bits per heavy atom. The Labute approximate surface area is 144 Å². The van der Waals surface area contributed by atoms with Crippen LogP contribution in [0.3, 0.4) is 0 Å². The van der Waals surface area contributed by atoms with Crippen LogP contribution in [0.2, 0.25) is 0 Å². The highest BCUT2D eigenvalue weighted by molar-refractivity contribution is 6.30. The molecule has 4 heteroatoms. The summed E-state index contributed by atoms with van der Waals surface area (Å²) in [6.45, 7) is 0. The molecule has 25 heavy (non-hydrogen) atoms. The number of rotatable bonds is 2. The van der Waals surface area contributed by atoms with Gasteiger partial charge in [0.05, 0.1) is 5.71 Å². The maximum atomic E-state index is 12.7. The third kappa shape index (κ3) is 2.58. The van der Waals surface area contributed by atoms with Gasteiger partial charge in [0.1, 0.15) is 5.71 Å². The monoisotopic (exact) mass is 326 g/mol. The summed E-state index contributed by atoms with van der Waals surface area (Å²) in [5.41, 5.74) is 4.57. The van der Waals surface area contributed by atoms with Gasteiger partial charge in [0.15, 0.2) is 12.1 Å². The van der Waals surface area contributed by atoms with Crippen molar-refractivity contribution in [3.8, 4) is 0 Å². The van der Waals surface area contributed by atoms with Gasteiger partial charge in [-0.25, -0.2) is 0 Å². The highest BCUT2D eigenvalue weighted by Gasteiger charge is 2.27. The highest BCUT2D eigenvalue weighted by Crippen LogP contribution is 2.27. The summed E-state index contributed by atoms with van der Waals surface area (Å²) >= 11 is 0. The van der Waals surface area contributed by atoms with E-state index in [2.05, 4.69) is 10.2 Å². The predicted molar refractivity (Wildman–Crippen MR) is 97.3 cm³/mol. The van der Waals surface area contributed by atoms with Crippen LogP contribution in [0.1, 0.15) is 33.5 Å². The zero-order valence-electron chi connectivity index (χ0n) is 13.3. The van der Waals surface area contributed by atoms with Crippen molar-refractivity contribution in [2.45, 2.75) is 6.42 Å². The molecule has 2 aliphatic rings. The van der Waals surface area contributed by atoms with E-state index in [0.29, 0.717) is 34.5 Å². The number of hydrogen-bond acceptors (Lipinski definition) is 4. The van der Waals surface area contributed by atoms with E-state index in [1.54, 1.807) is 18.2 Å². The molecule has 0 spiro atoms. The Morgan fingerprint density at radius 2 is 1.44 bits per heavy atom. The van der Waals surface area contributed by atoms with Gasteiger partial charge in [0, 0.05) is 34.2 Å². The molecule has 0 atom stereocenters. The molecule has 2 aliphatic carbocycles. The number of nitrogens with zero attached hydrogens (tertiary/aromatic N) is 2. The lowest BCUT2D eigenvalue weighted by atomic mass is 9.84. The zero-order valence-corrected chi connectivity index (χ0v) is 13.3. The fourth-order valence-corrected chi connectivity index (χ4v) is 3.05. The van der Waals surface area contributed by atoms with Crippen LogP contribution in [0.4, 0.5) is 0 Å². The smallest absolute Gasteiger partial charge is 0.194 e. The number of carbonyl (C=O) groups is 2. The van der Waals surface area contributed by atoms with Gasteiger partial charge in [-0.15, -0.1) is 5.10 Å². The van der Waals surface area contributed by atoms with Crippen molar-refractivity contribution >= 4 is 23.5 Å². The molecule has 0 aromatic heterocycles. The third-order valence-corrected chi connectivity index (χ3v) is 4.31. The van der Waals surface area contributed by atoms with E-state index < -0.39 is 0 Å². The van der Waals surface area contributed by atoms with Gasteiger partial charge in [-0.05, 0) is 0 Å². The van der Waals surface area contributed by atoms with Crippen LogP contribution in [0.25, 0.3) is 0 Å². The number of benzene rings is 2. The molecule has 2 aromatic rings. The first-order valence-corrected chi connectivity index (χ1v) is 8.00. The quantitative estimate of drug-likeness (QED) is 0.534. The number of ketones is 1. The fraction of sp³-hybridized carbons (Fsp3) is 0.0476. The minimum Gasteiger partial charge on any atom is -0.298 e. The summed E-state index contributed by atoms with van der Waals surface area (Å²) < 4.78 is 0. The molecule has 0 bridgehead atoms. The van der Waals surface area contributed by atoms with Gasteiger partial charge < -0.3 is 0 Å². The van der Waals surface area contributed by atoms with Crippen LogP contribution < -0.4 is 0 Å². The number of aldehydes is 1. The fourth-order valence-electron chi connectivity index (χ4n) is 3.05. The Hall–Kier alpha value is -3.40. The van der Waals surface area contributed by atoms with E-state index in [9.17, 15) is 9.59 Å². The minimum atomic E-state index is -0.00752. The largest absolute Gasteiger partial charge is 0.298 e. The predicted octanol–water partition coefficient (Wildman–Crippen LogP) is 3.51. The van der Waals surface area contributed by atoms with E-state index in [-0.39, 0.29) is 5.78 Å². The first kappa shape index (κ1) is 15.1. The van der Waals surface area contributed by atoms with Crippen LogP contribution >= 0.6 is 0 Å². The Kier molecular flexibility index (Phi) is 3.78. The van der Waals surface area contributed by atoms with Crippen LogP contribution in [0.15, 0.2) is 82.5 Å². The lowest BCUT2D eigenvalue weighted by molar-refractivity contribution is -0.104. The highest BCUT2D eigenvalue weighted by atomic mass is 16.1. The van der Waals surface area contributed by atoms with Crippen LogP contribution in [0, 0.1) is 0 Å². The molecular weight excluding hydrogens is 312 g/mol. The van der Waals surface area contributed by atoms with Crippen molar-refractivity contribution < 1.29 is 9.59 Å². The molecule has 0 unspecified atom stereocenters. The van der Waals surface area contributed by atoms with Gasteiger partial charge in [-0.1, -0.05) is 66.8 Å². The molecule has 4 nitrogen and oxygen atoms in total. The van der Waals surface area contributed by atoms with Crippen LogP contribution in [0.5, 0.6) is 0 Å². The molecule has 0 radical (unpaired) electrons. The number of allylic oxidation sites excluding steroid dienone is 4. The number of hydrogen-bond donors (Lipinski definition) is 0. The number of carbonyl (C=O) groups excluding carboxylic acids is 2. The first-order chi connectivity index (χ1) is 12.3. The standard InChI is InChI=1S/C21H14N2O2/c24-13-14-7-1-6-12-19(14)22-23-20-15-8-2-4-10-17(15)21(25)18-11-5-3-9-16(18)20/h1-11,13H,12H2. The molecule has 0 saturated carbocycles. The SMILES string of the molecule is O=CC1=CC=CCC1=NN=C1c2ccccc2C(=O)c2ccccc21. The average molecular weight is 326 g/mol. The first-order valence-electron chi connectivity index (χ1n) is 8.00. The molecule has 0 fully saturated rings. The summed E-state index contributed by atoms with van der Waals surface area (Å²) in [5, 5.41) is 8.77. The molecule has 0 amide bonds. The molecule has 0 aliphatic heterocycles. The minimum absolute atomic E-state index is 0.00752. The van der Waals surface area contributed by atoms with Crippen molar-refractivity contribution in [3.63, 3.8) is 0 Å². The Bertz CT molecular complexity index is 959. The van der Waals surface area contributed by atoms with Crippen LogP contribution in [-0.4, -0.2) is 23.5 Å². The molecule has 4 rings (SSSR count). The topological polar surface area (TPSA) is 58.9 Å². The molecule has 2 aromatic carbocycles. The normalized spacial score (nSPS) is 17.0. The van der Waals surface area contributed by atoms with Crippen molar-refractivity contribution in [1.82, 2.24) is 0 Å². The van der Waals surface area contributed by atoms with Crippen molar-refractivity contribution in [3.05, 3.63) is 94.6 Å². The second-order valence-corrected chi connectivity index (χ2v) is 5.79. The Balaban J connectivity index is 1.89. The van der Waals surface area contributed by atoms with Crippen molar-refractivity contribution in [1.29, 1.82) is 0 Å². The summed E-state index contributed by atoms with van der Waals surface area (Å²) in [6, 6.07) is 14.8. The summed E-state index contributed by atoms with van der Waals surface area (Å²) in [7, 11) is 0. The summed E-state index contributed by atoms with van der Waals surface area (Å²) in [5.74, 6) is -0.00752. The second-order valence-electron chi connectivity index (χ2n) is 5.79. The maximum Gasteiger partial charge on any atom is 0.194 e. The second kappa shape index (κ2) is 6.24. The van der Waals surface area contributed by atoms with E-state index in [1.165, 1.54) is 0 Å². The van der Waals surface area contributed by atoms with Gasteiger partial charge in [-0.2, -0.15) is 5.10 Å². The van der Waals surface area contributed by atoms with E-state index in [1.807, 2.05) is 48.6 Å². The lowest BCUT2D eigenvalue weighted by Crippen LogP contribution is -2.21. The van der Waals surface area contributed by atoms with Gasteiger partial charge in [0.25, 0.3) is 0 Å². The molecular formula is C21H14N2O2. The van der Waals surface area contributed by atoms with E-state index >= 15 is 0 Å². The summed E-state index contributed by atoms with van der Waals surface area (Å²) in [6.07, 6.45) is 6.83. The third-order valence-electron chi connectivity index (χ3n) is 4.31. The zero-order chi connectivity index (χ0) is 17.2. The number of fused-ring (bicyclic) bond motifs is 2. The molecule has 0 N–H and O–H groups in total. The average Bonchev–Trinajstić information content (AvgIpc) is 2.68. The van der Waals surface area contributed by atoms with Crippen LogP contribution in [-0.2, 0) is 4.79 Å². The van der Waals surface area contributed by atoms with Crippen molar-refractivity contribution in [2.75, 3.05) is 0 Å². The van der Waals surface area contributed by atoms with Gasteiger partial charge in [-0.3, -0.25) is 9.59 Å². The van der Waals surface area contributed by atoms with E-state index in [4.69, 9.17) is 0 Å². The molecule has 0 heterocycles. The van der Waals surface area contributed by atoms with Gasteiger partial charge in [0.2, 0.25) is 0 Å². The summed E-state index contributed by atoms with van der Waals surface area (Å²) in [4.78, 5) is 23.9. The Morgan fingerprint density at radius 1 is 0.840 bits per heavy atom. The van der Waals surface area contributed by atoms with Crippen molar-refractivity contribution in [2.24, 2.45) is 10.2 Å². The molecule has 120 valence electrons. The van der Waals surface area contributed by atoms with Gasteiger partial charge >= 0.3 is 0 Å². The lowest BCUT2D eigenvalue weighted by Gasteiger charge is -2.19. The van der Waals surface area contributed by atoms with E-state index in [0.717, 1.165) is 17.4 Å². The molecule has 0 saturated heterocycles.